The van der Waals surface area contributed by atoms with Crippen LogP contribution in [0.25, 0.3) is 0 Å². The van der Waals surface area contributed by atoms with Crippen molar-refractivity contribution in [2.24, 2.45) is 32.5 Å². The van der Waals surface area contributed by atoms with Gasteiger partial charge in [0.1, 0.15) is 24.4 Å². The average molecular weight is 263 g/mol. The van der Waals surface area contributed by atoms with Crippen molar-refractivity contribution in [2.75, 3.05) is 0 Å². The number of rotatable bonds is 2. The van der Waals surface area contributed by atoms with Gasteiger partial charge in [0.2, 0.25) is 0 Å². The zero-order chi connectivity index (χ0) is 13.6. The van der Waals surface area contributed by atoms with Crippen molar-refractivity contribution in [1.82, 2.24) is 4.90 Å². The van der Waals surface area contributed by atoms with Crippen LogP contribution in [0.1, 0.15) is 27.2 Å². The Balaban J connectivity index is 1.80. The van der Waals surface area contributed by atoms with E-state index >= 15 is 0 Å². The first kappa shape index (κ1) is 12.6. The van der Waals surface area contributed by atoms with Crippen LogP contribution in [-0.2, 0) is 4.74 Å². The van der Waals surface area contributed by atoms with Gasteiger partial charge in [-0.2, -0.15) is 0 Å². The molecule has 3 rings (SSSR count). The minimum Gasteiger partial charge on any atom is -0.385 e. The molecule has 0 aromatic rings. The number of nitrogens with zero attached hydrogens (tertiary/aromatic N) is 4. The van der Waals surface area contributed by atoms with E-state index in [1.807, 2.05) is 6.34 Å². The van der Waals surface area contributed by atoms with Gasteiger partial charge in [-0.05, 0) is 12.3 Å². The molecule has 104 valence electrons. The van der Waals surface area contributed by atoms with Crippen LogP contribution in [-0.4, -0.2) is 48.0 Å². The Kier molecular flexibility index (Phi) is 3.05. The molecule has 0 radical (unpaired) electrons. The Bertz CT molecular complexity index is 446. The molecule has 2 N–H and O–H groups in total. The molecule has 6 atom stereocenters. The highest BCUT2D eigenvalue weighted by atomic mass is 16.5. The van der Waals surface area contributed by atoms with Crippen LogP contribution in [0.5, 0.6) is 0 Å². The topological polar surface area (TPSA) is 75.6 Å². The molecule has 0 aliphatic carbocycles. The molecule has 4 unspecified atom stereocenters. The first-order chi connectivity index (χ1) is 9.13. The molecule has 0 amide bonds. The smallest absolute Gasteiger partial charge is 0.155 e. The predicted octanol–water partition coefficient (Wildman–Crippen LogP) is 0.831. The highest BCUT2D eigenvalue weighted by Gasteiger charge is 2.46. The molecular formula is C13H21N5O. The van der Waals surface area contributed by atoms with Crippen molar-refractivity contribution in [3.8, 4) is 0 Å². The van der Waals surface area contributed by atoms with Crippen LogP contribution in [0, 0.1) is 11.8 Å². The summed E-state index contributed by atoms with van der Waals surface area (Å²) in [6.07, 6.45) is 4.64. The third-order valence-electron chi connectivity index (χ3n) is 4.55. The zero-order valence-corrected chi connectivity index (χ0v) is 11.6. The summed E-state index contributed by atoms with van der Waals surface area (Å²) in [5.41, 5.74) is 5.87. The van der Waals surface area contributed by atoms with Gasteiger partial charge in [-0.25, -0.2) is 9.98 Å². The fourth-order valence-corrected chi connectivity index (χ4v) is 3.14. The summed E-state index contributed by atoms with van der Waals surface area (Å²) in [5, 5.41) is 0. The fraction of sp³-hybridized carbons (Fsp3) is 0.769. The maximum atomic E-state index is 6.18. The normalized spacial score (nSPS) is 44.6. The van der Waals surface area contributed by atoms with E-state index in [-0.39, 0.29) is 18.4 Å². The quantitative estimate of drug-likeness (QED) is 0.801. The van der Waals surface area contributed by atoms with Crippen molar-refractivity contribution < 1.29 is 4.74 Å². The number of ether oxygens (including phenoxy) is 1. The highest BCUT2D eigenvalue weighted by Crippen LogP contribution is 2.37. The van der Waals surface area contributed by atoms with Gasteiger partial charge in [0, 0.05) is 5.92 Å². The monoisotopic (exact) mass is 263 g/mol. The lowest BCUT2D eigenvalue weighted by molar-refractivity contribution is -0.0461. The van der Waals surface area contributed by atoms with Gasteiger partial charge in [0.05, 0.1) is 12.4 Å². The summed E-state index contributed by atoms with van der Waals surface area (Å²) in [4.78, 5) is 15.0. The molecule has 6 nitrogen and oxygen atoms in total. The molecule has 3 aliphatic rings. The van der Waals surface area contributed by atoms with Crippen molar-refractivity contribution in [1.29, 1.82) is 0 Å². The Morgan fingerprint density at radius 2 is 2.11 bits per heavy atom. The second-order valence-electron chi connectivity index (χ2n) is 5.58. The second-order valence-corrected chi connectivity index (χ2v) is 5.58. The lowest BCUT2D eigenvalue weighted by Gasteiger charge is -2.32. The molecule has 0 aromatic carbocycles. The largest absolute Gasteiger partial charge is 0.385 e. The van der Waals surface area contributed by atoms with E-state index in [9.17, 15) is 0 Å². The van der Waals surface area contributed by atoms with Crippen molar-refractivity contribution in [3.63, 3.8) is 0 Å². The zero-order valence-electron chi connectivity index (χ0n) is 11.6. The molecular weight excluding hydrogens is 242 g/mol. The third kappa shape index (κ3) is 1.85. The van der Waals surface area contributed by atoms with Gasteiger partial charge in [0.25, 0.3) is 0 Å². The summed E-state index contributed by atoms with van der Waals surface area (Å²) in [5.74, 6) is 1.52. The third-order valence-corrected chi connectivity index (χ3v) is 4.55. The molecule has 1 saturated heterocycles. The molecule has 3 heterocycles. The molecule has 0 bridgehead atoms. The van der Waals surface area contributed by atoms with E-state index in [0.717, 1.165) is 6.42 Å². The van der Waals surface area contributed by atoms with Crippen LogP contribution in [0.15, 0.2) is 15.0 Å². The summed E-state index contributed by atoms with van der Waals surface area (Å²) < 4.78 is 6.18. The maximum Gasteiger partial charge on any atom is 0.155 e. The first-order valence-corrected chi connectivity index (χ1v) is 6.94. The van der Waals surface area contributed by atoms with Crippen molar-refractivity contribution in [3.05, 3.63) is 0 Å². The summed E-state index contributed by atoms with van der Waals surface area (Å²) in [7, 11) is 0. The van der Waals surface area contributed by atoms with E-state index in [1.54, 1.807) is 0 Å². The van der Waals surface area contributed by atoms with Gasteiger partial charge < -0.3 is 15.4 Å². The van der Waals surface area contributed by atoms with E-state index in [4.69, 9.17) is 10.5 Å². The molecule has 0 aromatic heterocycles. The number of fused-ring (bicyclic) bond motifs is 1. The number of hydrogen-bond donors (Lipinski definition) is 1. The molecule has 6 heteroatoms. The van der Waals surface area contributed by atoms with Gasteiger partial charge in [-0.3, -0.25) is 4.99 Å². The highest BCUT2D eigenvalue weighted by molar-refractivity contribution is 5.96. The van der Waals surface area contributed by atoms with Gasteiger partial charge in [-0.1, -0.05) is 20.8 Å². The minimum atomic E-state index is -0.156. The summed E-state index contributed by atoms with van der Waals surface area (Å²) >= 11 is 0. The summed E-state index contributed by atoms with van der Waals surface area (Å²) in [6, 6.07) is -0.156. The number of hydrogen-bond acceptors (Lipinski definition) is 6. The Morgan fingerprint density at radius 1 is 1.32 bits per heavy atom. The molecule has 0 saturated carbocycles. The standard InChI is InChI=1S/C13H21N5O/c1-4-9-7(2)8(3)13(19-9)18-6-17-10-11(14)15-5-16-12(10)18/h5-10,12-13H,4H2,1-3H3,(H2,14,15,16)/t7?,8?,9-,10?,12?,13-/m0/s1. The van der Waals surface area contributed by atoms with Gasteiger partial charge >= 0.3 is 0 Å². The Morgan fingerprint density at radius 3 is 2.79 bits per heavy atom. The van der Waals surface area contributed by atoms with E-state index in [0.29, 0.717) is 23.8 Å². The Labute approximate surface area is 113 Å². The van der Waals surface area contributed by atoms with Gasteiger partial charge in [0.15, 0.2) is 6.17 Å². The van der Waals surface area contributed by atoms with Crippen LogP contribution >= 0.6 is 0 Å². The number of aliphatic imine (C=N–C) groups is 3. The molecule has 3 aliphatic heterocycles. The second kappa shape index (κ2) is 4.59. The first-order valence-electron chi connectivity index (χ1n) is 6.94. The van der Waals surface area contributed by atoms with Crippen LogP contribution < -0.4 is 5.73 Å². The van der Waals surface area contributed by atoms with Crippen LogP contribution in [0.4, 0.5) is 0 Å². The predicted molar refractivity (Wildman–Crippen MR) is 75.3 cm³/mol. The van der Waals surface area contributed by atoms with E-state index < -0.39 is 0 Å². The van der Waals surface area contributed by atoms with E-state index in [2.05, 4.69) is 40.6 Å². The number of amidine groups is 1. The van der Waals surface area contributed by atoms with Crippen molar-refractivity contribution in [2.45, 2.75) is 51.7 Å². The molecule has 19 heavy (non-hydrogen) atoms. The van der Waals surface area contributed by atoms with Crippen molar-refractivity contribution >= 4 is 18.5 Å². The molecule has 0 spiro atoms. The molecule has 1 fully saturated rings. The maximum absolute atomic E-state index is 6.18. The Hall–Kier alpha value is -1.43. The average Bonchev–Trinajstić information content (AvgIpc) is 2.94. The minimum absolute atomic E-state index is 0.0294. The van der Waals surface area contributed by atoms with Crippen LogP contribution in [0.2, 0.25) is 0 Å². The van der Waals surface area contributed by atoms with Gasteiger partial charge in [-0.15, -0.1) is 0 Å². The summed E-state index contributed by atoms with van der Waals surface area (Å²) in [6.45, 7) is 6.65. The lowest BCUT2D eigenvalue weighted by atomic mass is 9.91. The van der Waals surface area contributed by atoms with Crippen LogP contribution in [0.3, 0.4) is 0 Å². The SMILES string of the molecule is CC[C@@H]1O[C@H](N2C=NC3C(N)=NC=NC32)C(C)C1C. The van der Waals surface area contributed by atoms with E-state index in [1.165, 1.54) is 6.34 Å². The lowest BCUT2D eigenvalue weighted by Crippen LogP contribution is -2.49. The fourth-order valence-electron chi connectivity index (χ4n) is 3.14. The number of nitrogens with two attached hydrogens (primary N) is 1.